The van der Waals surface area contributed by atoms with E-state index < -0.39 is 0 Å². The van der Waals surface area contributed by atoms with Gasteiger partial charge in [0.05, 0.1) is 0 Å². The molecule has 1 aromatic heterocycles. The molecule has 4 nitrogen and oxygen atoms in total. The van der Waals surface area contributed by atoms with Crippen LogP contribution in [-0.2, 0) is 0 Å². The number of aromatic nitrogens is 1. The molecular formula is C30H24N3O+. The van der Waals surface area contributed by atoms with Crippen molar-refractivity contribution in [1.29, 1.82) is 0 Å². The largest absolute Gasteiger partial charge is 0.372 e. The maximum Gasteiger partial charge on any atom is 0.372 e. The smallest absolute Gasteiger partial charge is 0.304 e. The third kappa shape index (κ3) is 4.71. The molecule has 0 saturated heterocycles. The number of urea groups is 1. The molecule has 2 N–H and O–H groups in total. The van der Waals surface area contributed by atoms with Crippen molar-refractivity contribution >= 4 is 11.7 Å². The second-order valence-electron chi connectivity index (χ2n) is 7.88. The summed E-state index contributed by atoms with van der Waals surface area (Å²) in [5, 5.41) is 2.92. The Morgan fingerprint density at radius 2 is 0.912 bits per heavy atom. The summed E-state index contributed by atoms with van der Waals surface area (Å²) in [4.78, 5) is 13.1. The molecule has 5 rings (SSSR count). The van der Waals surface area contributed by atoms with E-state index in [4.69, 9.17) is 0 Å². The van der Waals surface area contributed by atoms with Gasteiger partial charge in [-0.1, -0.05) is 89.6 Å². The highest BCUT2D eigenvalue weighted by atomic mass is 16.2. The zero-order valence-corrected chi connectivity index (χ0v) is 18.6. The fourth-order valence-electron chi connectivity index (χ4n) is 3.94. The van der Waals surface area contributed by atoms with Crippen LogP contribution in [0.4, 0.5) is 10.5 Å². The number of nitrogens with zero attached hydrogens (tertiary/aromatic N) is 1. The molecule has 4 heteroatoms. The van der Waals surface area contributed by atoms with Gasteiger partial charge in [-0.3, -0.25) is 0 Å². The van der Waals surface area contributed by atoms with Crippen molar-refractivity contribution in [3.63, 3.8) is 0 Å². The number of hydrogen-bond acceptors (Lipinski definition) is 1. The van der Waals surface area contributed by atoms with Crippen LogP contribution < -0.4 is 15.4 Å². The standard InChI is InChI=1S/C30H23N3O/c34-30(31-27-19-11-4-12-20-27)32-33-28(24-15-7-2-8-16-24)21-26(23-13-5-1-6-14-23)22-29(33)25-17-9-3-10-18-25/h1-22H,(H-,31,32,34)/p+1. The lowest BCUT2D eigenvalue weighted by molar-refractivity contribution is -0.618. The molecule has 2 amide bonds. The predicted octanol–water partition coefficient (Wildman–Crippen LogP) is 6.75. The Labute approximate surface area is 199 Å². The molecule has 5 aromatic rings. The highest BCUT2D eigenvalue weighted by molar-refractivity contribution is 5.94. The molecule has 1 heterocycles. The third-order valence-corrected chi connectivity index (χ3v) is 5.56. The van der Waals surface area contributed by atoms with Crippen molar-refractivity contribution in [2.45, 2.75) is 0 Å². The Morgan fingerprint density at radius 1 is 0.500 bits per heavy atom. The Balaban J connectivity index is 1.68. The summed E-state index contributed by atoms with van der Waals surface area (Å²) in [6.45, 7) is 0. The zero-order valence-electron chi connectivity index (χ0n) is 18.6. The zero-order chi connectivity index (χ0) is 23.2. The van der Waals surface area contributed by atoms with Crippen molar-refractivity contribution in [2.24, 2.45) is 0 Å². The van der Waals surface area contributed by atoms with Crippen LogP contribution in [0.2, 0.25) is 0 Å². The molecule has 0 aliphatic rings. The third-order valence-electron chi connectivity index (χ3n) is 5.56. The first-order chi connectivity index (χ1) is 16.8. The number of hydrogen-bond donors (Lipinski definition) is 2. The van der Waals surface area contributed by atoms with Gasteiger partial charge in [0.25, 0.3) is 0 Å². The van der Waals surface area contributed by atoms with Crippen molar-refractivity contribution in [2.75, 3.05) is 10.7 Å². The maximum absolute atomic E-state index is 13.1. The molecule has 0 unspecified atom stereocenters. The molecule has 0 radical (unpaired) electrons. The number of para-hydroxylation sites is 1. The van der Waals surface area contributed by atoms with Crippen molar-refractivity contribution in [3.05, 3.63) is 133 Å². The normalized spacial score (nSPS) is 10.5. The van der Waals surface area contributed by atoms with Crippen molar-refractivity contribution in [1.82, 2.24) is 0 Å². The number of rotatable bonds is 5. The highest BCUT2D eigenvalue weighted by Gasteiger charge is 2.25. The van der Waals surface area contributed by atoms with Gasteiger partial charge in [-0.05, 0) is 47.5 Å². The van der Waals surface area contributed by atoms with Crippen LogP contribution in [0.15, 0.2) is 133 Å². The lowest BCUT2D eigenvalue weighted by Gasteiger charge is -2.13. The van der Waals surface area contributed by atoms with E-state index in [1.165, 1.54) is 0 Å². The minimum Gasteiger partial charge on any atom is -0.304 e. The van der Waals surface area contributed by atoms with E-state index in [-0.39, 0.29) is 6.03 Å². The molecule has 0 fully saturated rings. The lowest BCUT2D eigenvalue weighted by Crippen LogP contribution is -2.53. The molecule has 164 valence electrons. The quantitative estimate of drug-likeness (QED) is 0.291. The number of anilines is 1. The molecule has 0 aliphatic carbocycles. The Bertz CT molecular complexity index is 1330. The van der Waals surface area contributed by atoms with Gasteiger partial charge in [-0.15, -0.1) is 5.43 Å². The Kier molecular flexibility index (Phi) is 6.12. The molecule has 34 heavy (non-hydrogen) atoms. The molecule has 0 saturated carbocycles. The number of nitrogens with one attached hydrogen (secondary N) is 2. The average Bonchev–Trinajstić information content (AvgIpc) is 2.91. The van der Waals surface area contributed by atoms with E-state index in [1.807, 2.05) is 114 Å². The SMILES string of the molecule is O=C(Nc1ccccc1)N[n+]1c(-c2ccccc2)cc(-c2ccccc2)cc1-c1ccccc1. The van der Waals surface area contributed by atoms with Crippen LogP contribution in [-0.4, -0.2) is 6.03 Å². The van der Waals surface area contributed by atoms with Crippen molar-refractivity contribution in [3.8, 4) is 33.6 Å². The fourth-order valence-corrected chi connectivity index (χ4v) is 3.94. The monoisotopic (exact) mass is 442 g/mol. The van der Waals surface area contributed by atoms with E-state index >= 15 is 0 Å². The van der Waals surface area contributed by atoms with Crippen molar-refractivity contribution < 1.29 is 9.47 Å². The van der Waals surface area contributed by atoms with Gasteiger partial charge in [0.2, 0.25) is 11.4 Å². The summed E-state index contributed by atoms with van der Waals surface area (Å²) in [5.41, 5.74) is 9.73. The summed E-state index contributed by atoms with van der Waals surface area (Å²) < 4.78 is 1.86. The second kappa shape index (κ2) is 9.84. The molecule has 0 bridgehead atoms. The molecular weight excluding hydrogens is 418 g/mol. The molecule has 4 aromatic carbocycles. The van der Waals surface area contributed by atoms with Crippen LogP contribution in [0.25, 0.3) is 33.6 Å². The summed E-state index contributed by atoms with van der Waals surface area (Å²) in [5.74, 6) is 0. The predicted molar refractivity (Wildman–Crippen MR) is 138 cm³/mol. The summed E-state index contributed by atoms with van der Waals surface area (Å²) in [6.07, 6.45) is 0. The summed E-state index contributed by atoms with van der Waals surface area (Å²) in [7, 11) is 0. The number of pyridine rings is 1. The summed E-state index contributed by atoms with van der Waals surface area (Å²) >= 11 is 0. The van der Waals surface area contributed by atoms with E-state index in [0.717, 1.165) is 39.3 Å². The van der Waals surface area contributed by atoms with Crippen LogP contribution in [0, 0.1) is 0 Å². The van der Waals surface area contributed by atoms with Gasteiger partial charge in [-0.2, -0.15) is 0 Å². The van der Waals surface area contributed by atoms with Crippen LogP contribution in [0.5, 0.6) is 0 Å². The van der Waals surface area contributed by atoms with Crippen LogP contribution in [0.1, 0.15) is 0 Å². The number of carbonyl (C=O) groups excluding carboxylic acids is 1. The fraction of sp³-hybridized carbons (Fsp3) is 0. The average molecular weight is 443 g/mol. The lowest BCUT2D eigenvalue weighted by atomic mass is 10.00. The second-order valence-corrected chi connectivity index (χ2v) is 7.88. The van der Waals surface area contributed by atoms with E-state index in [0.29, 0.717) is 0 Å². The summed E-state index contributed by atoms with van der Waals surface area (Å²) in [6, 6.07) is 43.8. The minimum atomic E-state index is -0.321. The van der Waals surface area contributed by atoms with Gasteiger partial charge >= 0.3 is 6.03 Å². The maximum atomic E-state index is 13.1. The van der Waals surface area contributed by atoms with Crippen LogP contribution >= 0.6 is 0 Å². The number of benzene rings is 4. The topological polar surface area (TPSA) is 45.0 Å². The molecule has 0 spiro atoms. The minimum absolute atomic E-state index is 0.321. The van der Waals surface area contributed by atoms with Gasteiger partial charge in [0.1, 0.15) is 0 Å². The molecule has 0 aliphatic heterocycles. The van der Waals surface area contributed by atoms with Gasteiger partial charge in [-0.25, -0.2) is 4.79 Å². The first-order valence-corrected chi connectivity index (χ1v) is 11.2. The van der Waals surface area contributed by atoms with E-state index in [1.54, 1.807) is 0 Å². The first kappa shape index (κ1) is 21.2. The Hall–Kier alpha value is -4.70. The number of amides is 2. The van der Waals surface area contributed by atoms with Gasteiger partial charge in [0.15, 0.2) is 0 Å². The first-order valence-electron chi connectivity index (χ1n) is 11.2. The molecule has 0 atom stereocenters. The highest BCUT2D eigenvalue weighted by Crippen LogP contribution is 2.28. The number of carbonyl (C=O) groups is 1. The van der Waals surface area contributed by atoms with Gasteiger partial charge in [0, 0.05) is 28.9 Å². The Morgan fingerprint density at radius 3 is 1.38 bits per heavy atom. The van der Waals surface area contributed by atoms with E-state index in [9.17, 15) is 4.79 Å². The van der Waals surface area contributed by atoms with E-state index in [2.05, 4.69) is 35.0 Å². The van der Waals surface area contributed by atoms with Gasteiger partial charge < -0.3 is 5.32 Å². The van der Waals surface area contributed by atoms with Crippen LogP contribution in [0.3, 0.4) is 0 Å².